The molecule has 2 N–H and O–H groups in total. The molecular formula is C21H37IN4O2S. The summed E-state index contributed by atoms with van der Waals surface area (Å²) in [4.78, 5) is 6.82. The van der Waals surface area contributed by atoms with Crippen molar-refractivity contribution in [3.8, 4) is 0 Å². The molecule has 1 aliphatic rings. The summed E-state index contributed by atoms with van der Waals surface area (Å²) in [6.07, 6.45) is 4.39. The zero-order chi connectivity index (χ0) is 20.6. The van der Waals surface area contributed by atoms with E-state index >= 15 is 0 Å². The van der Waals surface area contributed by atoms with Crippen molar-refractivity contribution >= 4 is 39.8 Å². The zero-order valence-electron chi connectivity index (χ0n) is 18.1. The third-order valence-electron chi connectivity index (χ3n) is 5.36. The molecule has 2 rings (SSSR count). The SMILES string of the molecule is CN=C(NCc1ccccc1CN1CCC(C)CC1)NC(C)CCS(C)(=O)=O.I. The fourth-order valence-corrected chi connectivity index (χ4v) is 4.20. The number of sulfone groups is 1. The Kier molecular flexibility index (Phi) is 11.5. The lowest BCUT2D eigenvalue weighted by molar-refractivity contribution is 0.185. The Labute approximate surface area is 193 Å². The molecule has 1 aliphatic heterocycles. The maximum absolute atomic E-state index is 11.3. The highest BCUT2D eigenvalue weighted by atomic mass is 127. The Morgan fingerprint density at radius 3 is 2.45 bits per heavy atom. The van der Waals surface area contributed by atoms with Crippen LogP contribution in [0.3, 0.4) is 0 Å². The van der Waals surface area contributed by atoms with Crippen LogP contribution in [0.4, 0.5) is 0 Å². The highest BCUT2D eigenvalue weighted by molar-refractivity contribution is 14.0. The Bertz CT molecular complexity index is 747. The summed E-state index contributed by atoms with van der Waals surface area (Å²) in [6.45, 7) is 8.34. The van der Waals surface area contributed by atoms with Gasteiger partial charge in [-0.2, -0.15) is 0 Å². The molecule has 166 valence electrons. The van der Waals surface area contributed by atoms with Crippen LogP contribution < -0.4 is 10.6 Å². The van der Waals surface area contributed by atoms with Crippen molar-refractivity contribution in [1.29, 1.82) is 0 Å². The van der Waals surface area contributed by atoms with Gasteiger partial charge in [0.05, 0.1) is 5.75 Å². The number of aliphatic imine (C=N–C) groups is 1. The average Bonchev–Trinajstić information content (AvgIpc) is 2.65. The van der Waals surface area contributed by atoms with Gasteiger partial charge < -0.3 is 10.6 Å². The maximum Gasteiger partial charge on any atom is 0.191 e. The van der Waals surface area contributed by atoms with Crippen molar-refractivity contribution in [3.05, 3.63) is 35.4 Å². The third-order valence-corrected chi connectivity index (χ3v) is 6.34. The van der Waals surface area contributed by atoms with Crippen LogP contribution in [-0.4, -0.2) is 57.5 Å². The first-order valence-electron chi connectivity index (χ1n) is 10.2. The number of benzene rings is 1. The topological polar surface area (TPSA) is 73.8 Å². The molecular weight excluding hydrogens is 499 g/mol. The molecule has 0 amide bonds. The van der Waals surface area contributed by atoms with E-state index in [1.165, 1.54) is 43.3 Å². The van der Waals surface area contributed by atoms with E-state index in [-0.39, 0.29) is 35.8 Å². The second kappa shape index (κ2) is 12.7. The van der Waals surface area contributed by atoms with Gasteiger partial charge in [0.25, 0.3) is 0 Å². The van der Waals surface area contributed by atoms with Gasteiger partial charge >= 0.3 is 0 Å². The number of hydrogen-bond donors (Lipinski definition) is 2. The lowest BCUT2D eigenvalue weighted by atomic mass is 9.98. The second-order valence-corrected chi connectivity index (χ2v) is 10.4. The molecule has 0 radical (unpaired) electrons. The van der Waals surface area contributed by atoms with E-state index < -0.39 is 9.84 Å². The van der Waals surface area contributed by atoms with Gasteiger partial charge in [-0.15, -0.1) is 24.0 Å². The van der Waals surface area contributed by atoms with Crippen molar-refractivity contribution in [1.82, 2.24) is 15.5 Å². The number of nitrogens with zero attached hydrogens (tertiary/aromatic N) is 2. The van der Waals surface area contributed by atoms with Gasteiger partial charge in [0.1, 0.15) is 9.84 Å². The highest BCUT2D eigenvalue weighted by Gasteiger charge is 2.17. The molecule has 1 aromatic rings. The summed E-state index contributed by atoms with van der Waals surface area (Å²) in [6, 6.07) is 8.58. The quantitative estimate of drug-likeness (QED) is 0.304. The number of hydrogen-bond acceptors (Lipinski definition) is 4. The monoisotopic (exact) mass is 536 g/mol. The van der Waals surface area contributed by atoms with Crippen LogP contribution in [0, 0.1) is 5.92 Å². The van der Waals surface area contributed by atoms with Crippen molar-refractivity contribution in [3.63, 3.8) is 0 Å². The van der Waals surface area contributed by atoms with Gasteiger partial charge in [-0.3, -0.25) is 9.89 Å². The first kappa shape index (κ1) is 26.2. The first-order valence-corrected chi connectivity index (χ1v) is 12.3. The van der Waals surface area contributed by atoms with Crippen molar-refractivity contribution < 1.29 is 8.42 Å². The zero-order valence-corrected chi connectivity index (χ0v) is 21.3. The summed E-state index contributed by atoms with van der Waals surface area (Å²) >= 11 is 0. The van der Waals surface area contributed by atoms with Crippen LogP contribution in [0.2, 0.25) is 0 Å². The van der Waals surface area contributed by atoms with Gasteiger partial charge in [-0.1, -0.05) is 31.2 Å². The standard InChI is InChI=1S/C21H36N4O2S.HI/c1-17-9-12-25(13-10-17)16-20-8-6-5-7-19(20)15-23-21(22-3)24-18(2)11-14-28(4,26)27;/h5-8,17-18H,9-16H2,1-4H3,(H2,22,23,24);1H. The summed E-state index contributed by atoms with van der Waals surface area (Å²) in [7, 11) is -1.21. The van der Waals surface area contributed by atoms with E-state index in [0.29, 0.717) is 18.9 Å². The van der Waals surface area contributed by atoms with Crippen LogP contribution in [0.25, 0.3) is 0 Å². The van der Waals surface area contributed by atoms with E-state index in [2.05, 4.69) is 51.7 Å². The molecule has 1 unspecified atom stereocenters. The van der Waals surface area contributed by atoms with E-state index in [1.807, 2.05) is 6.92 Å². The van der Waals surface area contributed by atoms with Gasteiger partial charge in [0.15, 0.2) is 5.96 Å². The van der Waals surface area contributed by atoms with E-state index in [0.717, 1.165) is 12.5 Å². The normalized spacial score (nSPS) is 17.4. The number of halogens is 1. The van der Waals surface area contributed by atoms with E-state index in [4.69, 9.17) is 0 Å². The Balaban J connectivity index is 0.00000420. The van der Waals surface area contributed by atoms with Gasteiger partial charge in [-0.05, 0) is 56.3 Å². The van der Waals surface area contributed by atoms with Crippen LogP contribution in [0.5, 0.6) is 0 Å². The molecule has 0 aliphatic carbocycles. The lowest BCUT2D eigenvalue weighted by Gasteiger charge is -2.30. The molecule has 29 heavy (non-hydrogen) atoms. The lowest BCUT2D eigenvalue weighted by Crippen LogP contribution is -2.42. The van der Waals surface area contributed by atoms with Crippen molar-refractivity contribution in [2.24, 2.45) is 10.9 Å². The van der Waals surface area contributed by atoms with E-state index in [1.54, 1.807) is 7.05 Å². The fraction of sp³-hybridized carbons (Fsp3) is 0.667. The van der Waals surface area contributed by atoms with Crippen LogP contribution in [-0.2, 0) is 22.9 Å². The predicted octanol–water partition coefficient (Wildman–Crippen LogP) is 3.02. The minimum absolute atomic E-state index is 0. The molecule has 1 fully saturated rings. The van der Waals surface area contributed by atoms with Gasteiger partial charge in [0.2, 0.25) is 0 Å². The summed E-state index contributed by atoms with van der Waals surface area (Å²) in [5.74, 6) is 1.71. The molecule has 1 saturated heterocycles. The maximum atomic E-state index is 11.3. The van der Waals surface area contributed by atoms with Crippen LogP contribution >= 0.6 is 24.0 Å². The summed E-state index contributed by atoms with van der Waals surface area (Å²) in [5.41, 5.74) is 2.62. The molecule has 8 heteroatoms. The highest BCUT2D eigenvalue weighted by Crippen LogP contribution is 2.19. The number of rotatable bonds is 8. The number of nitrogens with one attached hydrogen (secondary N) is 2. The fourth-order valence-electron chi connectivity index (χ4n) is 3.42. The summed E-state index contributed by atoms with van der Waals surface area (Å²) < 4.78 is 22.7. The average molecular weight is 537 g/mol. The summed E-state index contributed by atoms with van der Waals surface area (Å²) in [5, 5.41) is 6.65. The van der Waals surface area contributed by atoms with Crippen LogP contribution in [0.15, 0.2) is 29.3 Å². The molecule has 0 aromatic heterocycles. The minimum Gasteiger partial charge on any atom is -0.354 e. The Morgan fingerprint density at radius 1 is 1.24 bits per heavy atom. The van der Waals surface area contributed by atoms with Crippen molar-refractivity contribution in [2.45, 2.75) is 52.2 Å². The third kappa shape index (κ3) is 10.1. The number of guanidine groups is 1. The largest absolute Gasteiger partial charge is 0.354 e. The second-order valence-electron chi connectivity index (χ2n) is 8.12. The Morgan fingerprint density at radius 2 is 1.86 bits per heavy atom. The minimum atomic E-state index is -2.95. The first-order chi connectivity index (χ1) is 13.3. The molecule has 0 spiro atoms. The smallest absolute Gasteiger partial charge is 0.191 e. The van der Waals surface area contributed by atoms with E-state index in [9.17, 15) is 8.42 Å². The van der Waals surface area contributed by atoms with Crippen molar-refractivity contribution in [2.75, 3.05) is 32.1 Å². The molecule has 0 saturated carbocycles. The predicted molar refractivity (Wildman–Crippen MR) is 133 cm³/mol. The molecule has 6 nitrogen and oxygen atoms in total. The van der Waals surface area contributed by atoms with Gasteiger partial charge in [0, 0.05) is 32.4 Å². The molecule has 1 heterocycles. The van der Waals surface area contributed by atoms with Crippen LogP contribution in [0.1, 0.15) is 44.2 Å². The van der Waals surface area contributed by atoms with Gasteiger partial charge in [-0.25, -0.2) is 8.42 Å². The Hall–Kier alpha value is -0.870. The molecule has 1 atom stereocenters. The number of piperidine rings is 1. The molecule has 0 bridgehead atoms. The number of likely N-dealkylation sites (tertiary alicyclic amines) is 1. The molecule has 1 aromatic carbocycles.